The van der Waals surface area contributed by atoms with Crippen molar-refractivity contribution in [3.63, 3.8) is 0 Å². The molecule has 2 N–H and O–H groups in total. The molecule has 2 aliphatic rings. The van der Waals surface area contributed by atoms with Gasteiger partial charge in [0.2, 0.25) is 5.91 Å². The molecular formula is C30H39BrN2O4. The largest absolute Gasteiger partial charge is 0.450 e. The highest BCUT2D eigenvalue weighted by Gasteiger charge is 2.46. The fourth-order valence-corrected chi connectivity index (χ4v) is 6.12. The molecule has 200 valence electrons. The second kappa shape index (κ2) is 12.9. The Hall–Kier alpha value is -2.38. The lowest BCUT2D eigenvalue weighted by Gasteiger charge is -2.43. The number of carbonyl (C=O) groups is 2. The van der Waals surface area contributed by atoms with Gasteiger partial charge in [-0.2, -0.15) is 0 Å². The average molecular weight is 572 g/mol. The zero-order valence-electron chi connectivity index (χ0n) is 21.8. The predicted molar refractivity (Wildman–Crippen MR) is 149 cm³/mol. The summed E-state index contributed by atoms with van der Waals surface area (Å²) in [5.41, 5.74) is 1.81. The summed E-state index contributed by atoms with van der Waals surface area (Å²) in [6, 6.07) is 16.1. The van der Waals surface area contributed by atoms with Crippen molar-refractivity contribution in [1.29, 1.82) is 0 Å². The van der Waals surface area contributed by atoms with Crippen LogP contribution in [0.15, 0.2) is 53.0 Å². The number of nitrogens with zero attached hydrogens (tertiary/aromatic N) is 1. The molecule has 6 nitrogen and oxygen atoms in total. The zero-order chi connectivity index (χ0) is 26.3. The molecule has 37 heavy (non-hydrogen) atoms. The Morgan fingerprint density at radius 3 is 2.54 bits per heavy atom. The van der Waals surface area contributed by atoms with Crippen LogP contribution in [0.2, 0.25) is 0 Å². The maximum atomic E-state index is 14.2. The first-order valence-corrected chi connectivity index (χ1v) is 14.5. The molecule has 0 radical (unpaired) electrons. The van der Waals surface area contributed by atoms with Gasteiger partial charge >= 0.3 is 6.09 Å². The number of hydrogen-bond acceptors (Lipinski definition) is 4. The normalized spacial score (nSPS) is 18.7. The maximum Gasteiger partial charge on any atom is 0.407 e. The lowest BCUT2D eigenvalue weighted by Crippen LogP contribution is -2.52. The van der Waals surface area contributed by atoms with Crippen molar-refractivity contribution in [3.05, 3.63) is 58.6 Å². The average Bonchev–Trinajstić information content (AvgIpc) is 2.90. The van der Waals surface area contributed by atoms with Crippen LogP contribution in [0.3, 0.4) is 0 Å². The summed E-state index contributed by atoms with van der Waals surface area (Å²) in [6.45, 7) is 3.58. The molecule has 1 aliphatic carbocycles. The fourth-order valence-electron chi connectivity index (χ4n) is 5.72. The fraction of sp³-hybridized carbons (Fsp3) is 0.533. The molecule has 1 aliphatic heterocycles. The van der Waals surface area contributed by atoms with Crippen molar-refractivity contribution in [2.75, 3.05) is 19.7 Å². The number of amides is 2. The van der Waals surface area contributed by atoms with Crippen molar-refractivity contribution in [1.82, 2.24) is 10.2 Å². The summed E-state index contributed by atoms with van der Waals surface area (Å²) >= 11 is 3.58. The molecule has 1 atom stereocenters. The molecular weight excluding hydrogens is 532 g/mol. The second-order valence-corrected chi connectivity index (χ2v) is 11.3. The summed E-state index contributed by atoms with van der Waals surface area (Å²) in [7, 11) is 0. The minimum Gasteiger partial charge on any atom is -0.450 e. The monoisotopic (exact) mass is 570 g/mol. The Kier molecular flexibility index (Phi) is 9.65. The van der Waals surface area contributed by atoms with Crippen molar-refractivity contribution in [2.45, 2.75) is 82.3 Å². The Morgan fingerprint density at radius 2 is 1.84 bits per heavy atom. The number of piperidine rings is 1. The minimum atomic E-state index is -1.07. The Balaban J connectivity index is 1.55. The Morgan fingerprint density at radius 1 is 1.11 bits per heavy atom. The van der Waals surface area contributed by atoms with Gasteiger partial charge < -0.3 is 20.1 Å². The number of aliphatic hydroxyl groups is 1. The number of nitrogens with one attached hydrogen (secondary N) is 1. The minimum absolute atomic E-state index is 0.0108. The quantitative estimate of drug-likeness (QED) is 0.359. The number of halogens is 1. The zero-order valence-corrected chi connectivity index (χ0v) is 23.3. The molecule has 0 bridgehead atoms. The van der Waals surface area contributed by atoms with Crippen LogP contribution >= 0.6 is 15.9 Å². The van der Waals surface area contributed by atoms with Crippen LogP contribution in [0.25, 0.3) is 11.1 Å². The molecule has 1 heterocycles. The smallest absolute Gasteiger partial charge is 0.407 e. The van der Waals surface area contributed by atoms with Crippen molar-refractivity contribution in [2.24, 2.45) is 0 Å². The molecule has 7 heteroatoms. The van der Waals surface area contributed by atoms with E-state index in [1.54, 1.807) is 0 Å². The van der Waals surface area contributed by atoms with E-state index < -0.39 is 11.5 Å². The van der Waals surface area contributed by atoms with Gasteiger partial charge in [-0.15, -0.1) is 0 Å². The van der Waals surface area contributed by atoms with Crippen molar-refractivity contribution < 1.29 is 19.4 Å². The van der Waals surface area contributed by atoms with Crippen LogP contribution < -0.4 is 5.32 Å². The SMILES string of the molecule is CCCCOC(=O)NC1CCN(C(=O)C(c2ccccc2-c2cccc(Br)c2)C2(O)CCCCC2)CC1. The molecule has 2 amide bonds. The highest BCUT2D eigenvalue weighted by atomic mass is 79.9. The van der Waals surface area contributed by atoms with Gasteiger partial charge in [-0.05, 0) is 60.9 Å². The third-order valence-corrected chi connectivity index (χ3v) is 8.26. The molecule has 2 aromatic rings. The van der Waals surface area contributed by atoms with Gasteiger partial charge in [0.15, 0.2) is 0 Å². The van der Waals surface area contributed by atoms with E-state index in [4.69, 9.17) is 4.74 Å². The molecule has 1 saturated carbocycles. The van der Waals surface area contributed by atoms with E-state index >= 15 is 0 Å². The van der Waals surface area contributed by atoms with E-state index in [1.807, 2.05) is 47.4 Å². The maximum absolute atomic E-state index is 14.2. The van der Waals surface area contributed by atoms with Crippen LogP contribution in [0, 0.1) is 0 Å². The lowest BCUT2D eigenvalue weighted by molar-refractivity contribution is -0.142. The van der Waals surface area contributed by atoms with Gasteiger partial charge in [0.05, 0.1) is 18.1 Å². The van der Waals surface area contributed by atoms with Crippen molar-refractivity contribution in [3.8, 4) is 11.1 Å². The van der Waals surface area contributed by atoms with Gasteiger partial charge in [0.1, 0.15) is 0 Å². The summed E-state index contributed by atoms with van der Waals surface area (Å²) in [5.74, 6) is -0.651. The molecule has 2 aromatic carbocycles. The van der Waals surface area contributed by atoms with Gasteiger partial charge in [-0.1, -0.05) is 84.9 Å². The number of alkyl carbamates (subject to hydrolysis) is 1. The molecule has 1 saturated heterocycles. The first-order chi connectivity index (χ1) is 17.9. The van der Waals surface area contributed by atoms with Gasteiger partial charge in [-0.3, -0.25) is 4.79 Å². The van der Waals surface area contributed by atoms with E-state index in [2.05, 4.69) is 34.2 Å². The van der Waals surface area contributed by atoms with E-state index in [9.17, 15) is 14.7 Å². The summed E-state index contributed by atoms with van der Waals surface area (Å²) in [6.07, 6.45) is 6.97. The van der Waals surface area contributed by atoms with Crippen LogP contribution in [-0.2, 0) is 9.53 Å². The number of likely N-dealkylation sites (tertiary alicyclic amines) is 1. The standard InChI is InChI=1S/C30H39BrN2O4/c1-2-3-20-37-29(35)32-24-14-18-33(19-15-24)28(34)27(30(36)16-7-4-8-17-30)26-13-6-5-12-25(26)22-10-9-11-23(31)21-22/h5-6,9-13,21,24,27,36H,2-4,7-8,14-20H2,1H3,(H,32,35). The lowest BCUT2D eigenvalue weighted by atomic mass is 9.70. The molecule has 4 rings (SSSR count). The van der Waals surface area contributed by atoms with Gasteiger partial charge in [0, 0.05) is 23.6 Å². The highest BCUT2D eigenvalue weighted by molar-refractivity contribution is 9.10. The second-order valence-electron chi connectivity index (χ2n) is 10.4. The van der Waals surface area contributed by atoms with E-state index in [0.717, 1.165) is 53.3 Å². The van der Waals surface area contributed by atoms with E-state index in [0.29, 0.717) is 45.4 Å². The predicted octanol–water partition coefficient (Wildman–Crippen LogP) is 6.41. The molecule has 0 spiro atoms. The number of unbranched alkanes of at least 4 members (excludes halogenated alkanes) is 1. The van der Waals surface area contributed by atoms with E-state index in [-0.39, 0.29) is 18.0 Å². The molecule has 1 unspecified atom stereocenters. The number of hydrogen-bond donors (Lipinski definition) is 2. The number of ether oxygens (including phenoxy) is 1. The number of rotatable bonds is 8. The van der Waals surface area contributed by atoms with Gasteiger partial charge in [0.25, 0.3) is 0 Å². The van der Waals surface area contributed by atoms with Crippen LogP contribution in [0.4, 0.5) is 4.79 Å². The third-order valence-electron chi connectivity index (χ3n) is 7.77. The Labute approximate surface area is 228 Å². The van der Waals surface area contributed by atoms with E-state index in [1.165, 1.54) is 0 Å². The third kappa shape index (κ3) is 6.94. The topological polar surface area (TPSA) is 78.9 Å². The number of carbonyl (C=O) groups excluding carboxylic acids is 2. The summed E-state index contributed by atoms with van der Waals surface area (Å²) in [4.78, 5) is 28.2. The summed E-state index contributed by atoms with van der Waals surface area (Å²) in [5, 5.41) is 14.9. The van der Waals surface area contributed by atoms with Crippen LogP contribution in [0.5, 0.6) is 0 Å². The highest BCUT2D eigenvalue weighted by Crippen LogP contribution is 2.44. The molecule has 0 aromatic heterocycles. The summed E-state index contributed by atoms with van der Waals surface area (Å²) < 4.78 is 6.22. The van der Waals surface area contributed by atoms with Crippen LogP contribution in [-0.4, -0.2) is 53.3 Å². The first-order valence-electron chi connectivity index (χ1n) is 13.7. The first kappa shape index (κ1) is 27.6. The van der Waals surface area contributed by atoms with Crippen molar-refractivity contribution >= 4 is 27.9 Å². The van der Waals surface area contributed by atoms with Crippen LogP contribution in [0.1, 0.15) is 76.2 Å². The number of benzene rings is 2. The van der Waals surface area contributed by atoms with Gasteiger partial charge in [-0.25, -0.2) is 4.79 Å². The Bertz CT molecular complexity index is 1060. The molecule has 2 fully saturated rings.